The molecule has 0 aliphatic heterocycles. The van der Waals surface area contributed by atoms with Crippen LogP contribution in [0.1, 0.15) is 56.3 Å². The number of rotatable bonds is 6. The lowest BCUT2D eigenvalue weighted by atomic mass is 10.1. The molecule has 112 valence electrons. The Morgan fingerprint density at radius 2 is 2.00 bits per heavy atom. The van der Waals surface area contributed by atoms with Crippen molar-refractivity contribution in [3.8, 4) is 0 Å². The zero-order valence-corrected chi connectivity index (χ0v) is 13.4. The van der Waals surface area contributed by atoms with Gasteiger partial charge < -0.3 is 10.2 Å². The number of anilines is 1. The number of nitrogens with zero attached hydrogens (tertiary/aromatic N) is 3. The van der Waals surface area contributed by atoms with Gasteiger partial charge in [0.05, 0.1) is 11.9 Å². The van der Waals surface area contributed by atoms with E-state index < -0.39 is 0 Å². The molecule has 0 aliphatic carbocycles. The second-order valence-corrected chi connectivity index (χ2v) is 5.80. The van der Waals surface area contributed by atoms with Crippen molar-refractivity contribution in [2.24, 2.45) is 5.92 Å². The van der Waals surface area contributed by atoms with Crippen LogP contribution in [0, 0.1) is 5.92 Å². The maximum absolute atomic E-state index is 12.5. The van der Waals surface area contributed by atoms with E-state index in [1.807, 2.05) is 20.9 Å². The van der Waals surface area contributed by atoms with E-state index in [2.05, 4.69) is 29.1 Å². The van der Waals surface area contributed by atoms with Crippen LogP contribution in [0.4, 0.5) is 5.69 Å². The third kappa shape index (κ3) is 4.18. The van der Waals surface area contributed by atoms with Gasteiger partial charge in [-0.05, 0) is 12.3 Å². The zero-order valence-electron chi connectivity index (χ0n) is 13.4. The summed E-state index contributed by atoms with van der Waals surface area (Å²) in [4.78, 5) is 22.9. The summed E-state index contributed by atoms with van der Waals surface area (Å²) < 4.78 is 0. The van der Waals surface area contributed by atoms with Crippen LogP contribution in [0.2, 0.25) is 0 Å². The lowest BCUT2D eigenvalue weighted by Gasteiger charge is -2.19. The summed E-state index contributed by atoms with van der Waals surface area (Å²) in [6, 6.07) is 0. The van der Waals surface area contributed by atoms with Crippen LogP contribution in [-0.2, 0) is 0 Å². The van der Waals surface area contributed by atoms with Crippen molar-refractivity contribution in [1.29, 1.82) is 0 Å². The minimum Gasteiger partial charge on any atom is -0.385 e. The largest absolute Gasteiger partial charge is 0.385 e. The van der Waals surface area contributed by atoms with Crippen molar-refractivity contribution in [2.45, 2.75) is 40.0 Å². The van der Waals surface area contributed by atoms with Crippen molar-refractivity contribution < 1.29 is 4.79 Å². The van der Waals surface area contributed by atoms with Crippen LogP contribution < -0.4 is 5.32 Å². The number of hydrogen-bond acceptors (Lipinski definition) is 4. The van der Waals surface area contributed by atoms with Gasteiger partial charge in [0, 0.05) is 26.6 Å². The van der Waals surface area contributed by atoms with Gasteiger partial charge in [-0.1, -0.05) is 27.7 Å². The topological polar surface area (TPSA) is 58.1 Å². The quantitative estimate of drug-likeness (QED) is 0.869. The van der Waals surface area contributed by atoms with E-state index in [9.17, 15) is 4.79 Å². The Balaban J connectivity index is 2.97. The standard InChI is InChI=1S/C15H26N4O/c1-10(2)7-8-19(6)15(20)13-12(16-5)9-17-14(18-13)11(3)4/h9-11,16H,7-8H2,1-6H3. The fourth-order valence-corrected chi connectivity index (χ4v) is 1.75. The third-order valence-corrected chi connectivity index (χ3v) is 3.18. The third-order valence-electron chi connectivity index (χ3n) is 3.18. The Morgan fingerprint density at radius 3 is 2.50 bits per heavy atom. The van der Waals surface area contributed by atoms with Gasteiger partial charge in [0.25, 0.3) is 5.91 Å². The first kappa shape index (κ1) is 16.4. The summed E-state index contributed by atoms with van der Waals surface area (Å²) in [6.07, 6.45) is 2.67. The van der Waals surface area contributed by atoms with Crippen LogP contribution >= 0.6 is 0 Å². The lowest BCUT2D eigenvalue weighted by Crippen LogP contribution is -2.30. The SMILES string of the molecule is CNc1cnc(C(C)C)nc1C(=O)N(C)CCC(C)C. The van der Waals surface area contributed by atoms with E-state index >= 15 is 0 Å². The van der Waals surface area contributed by atoms with E-state index in [1.54, 1.807) is 18.1 Å². The van der Waals surface area contributed by atoms with Crippen molar-refractivity contribution in [1.82, 2.24) is 14.9 Å². The second kappa shape index (κ2) is 7.22. The summed E-state index contributed by atoms with van der Waals surface area (Å²) in [5, 5.41) is 2.99. The van der Waals surface area contributed by atoms with Crippen LogP contribution in [0.3, 0.4) is 0 Å². The highest BCUT2D eigenvalue weighted by Gasteiger charge is 2.19. The van der Waals surface area contributed by atoms with Crippen molar-refractivity contribution in [2.75, 3.05) is 26.0 Å². The molecule has 0 saturated heterocycles. The molecule has 0 fully saturated rings. The molecule has 1 heterocycles. The second-order valence-electron chi connectivity index (χ2n) is 5.80. The Morgan fingerprint density at radius 1 is 1.35 bits per heavy atom. The Labute approximate surface area is 121 Å². The molecule has 0 saturated carbocycles. The highest BCUT2D eigenvalue weighted by molar-refractivity contribution is 5.97. The molecule has 0 aromatic carbocycles. The molecule has 0 unspecified atom stereocenters. The van der Waals surface area contributed by atoms with E-state index in [1.165, 1.54) is 0 Å². The maximum atomic E-state index is 12.5. The highest BCUT2D eigenvalue weighted by atomic mass is 16.2. The fraction of sp³-hybridized carbons (Fsp3) is 0.667. The van der Waals surface area contributed by atoms with Gasteiger partial charge in [-0.2, -0.15) is 0 Å². The van der Waals surface area contributed by atoms with Crippen LogP contribution in [0.5, 0.6) is 0 Å². The molecule has 0 spiro atoms. The van der Waals surface area contributed by atoms with Crippen LogP contribution in [0.15, 0.2) is 6.20 Å². The van der Waals surface area contributed by atoms with Gasteiger partial charge in [-0.3, -0.25) is 4.79 Å². The predicted molar refractivity (Wildman–Crippen MR) is 82.1 cm³/mol. The first-order chi connectivity index (χ1) is 9.36. The summed E-state index contributed by atoms with van der Waals surface area (Å²) in [7, 11) is 3.60. The number of nitrogens with one attached hydrogen (secondary N) is 1. The molecule has 1 aromatic heterocycles. The molecular weight excluding hydrogens is 252 g/mol. The Hall–Kier alpha value is -1.65. The van der Waals surface area contributed by atoms with Crippen molar-refractivity contribution in [3.05, 3.63) is 17.7 Å². The van der Waals surface area contributed by atoms with Crippen LogP contribution in [0.25, 0.3) is 0 Å². The van der Waals surface area contributed by atoms with Gasteiger partial charge in [0.2, 0.25) is 0 Å². The Kier molecular flexibility index (Phi) is 5.92. The monoisotopic (exact) mass is 278 g/mol. The predicted octanol–water partition coefficient (Wildman–Crippen LogP) is 2.76. The summed E-state index contributed by atoms with van der Waals surface area (Å²) in [5.74, 6) is 1.42. The molecule has 1 amide bonds. The number of carbonyl (C=O) groups is 1. The van der Waals surface area contributed by atoms with E-state index in [0.717, 1.165) is 13.0 Å². The molecule has 20 heavy (non-hydrogen) atoms. The smallest absolute Gasteiger partial charge is 0.274 e. The molecule has 5 nitrogen and oxygen atoms in total. The summed E-state index contributed by atoms with van der Waals surface area (Å²) >= 11 is 0. The molecule has 1 N–H and O–H groups in total. The first-order valence-electron chi connectivity index (χ1n) is 7.17. The number of aromatic nitrogens is 2. The minimum absolute atomic E-state index is 0.0562. The molecule has 0 aliphatic rings. The number of carbonyl (C=O) groups excluding carboxylic acids is 1. The molecule has 1 rings (SSSR count). The molecule has 0 radical (unpaired) electrons. The van der Waals surface area contributed by atoms with Gasteiger partial charge >= 0.3 is 0 Å². The maximum Gasteiger partial charge on any atom is 0.274 e. The summed E-state index contributed by atoms with van der Waals surface area (Å²) in [6.45, 7) is 9.08. The number of hydrogen-bond donors (Lipinski definition) is 1. The van der Waals surface area contributed by atoms with Crippen molar-refractivity contribution in [3.63, 3.8) is 0 Å². The first-order valence-corrected chi connectivity index (χ1v) is 7.17. The van der Waals surface area contributed by atoms with Gasteiger partial charge in [0.1, 0.15) is 5.82 Å². The molecule has 0 atom stereocenters. The van der Waals surface area contributed by atoms with Gasteiger partial charge in [-0.15, -0.1) is 0 Å². The fourth-order valence-electron chi connectivity index (χ4n) is 1.75. The zero-order chi connectivity index (χ0) is 15.3. The van der Waals surface area contributed by atoms with E-state index in [0.29, 0.717) is 23.1 Å². The molecular formula is C15H26N4O. The average molecular weight is 278 g/mol. The van der Waals surface area contributed by atoms with Gasteiger partial charge in [0.15, 0.2) is 5.69 Å². The molecule has 5 heteroatoms. The number of amides is 1. The van der Waals surface area contributed by atoms with Gasteiger partial charge in [-0.25, -0.2) is 9.97 Å². The van der Waals surface area contributed by atoms with Crippen molar-refractivity contribution >= 4 is 11.6 Å². The average Bonchev–Trinajstić information content (AvgIpc) is 2.42. The molecule has 1 aromatic rings. The van der Waals surface area contributed by atoms with E-state index in [4.69, 9.17) is 0 Å². The lowest BCUT2D eigenvalue weighted by molar-refractivity contribution is 0.0784. The Bertz CT molecular complexity index is 457. The molecule has 0 bridgehead atoms. The normalized spacial score (nSPS) is 11.0. The summed E-state index contributed by atoms with van der Waals surface area (Å²) in [5.41, 5.74) is 1.13. The van der Waals surface area contributed by atoms with E-state index in [-0.39, 0.29) is 11.8 Å². The van der Waals surface area contributed by atoms with Crippen LogP contribution in [-0.4, -0.2) is 41.4 Å². The highest BCUT2D eigenvalue weighted by Crippen LogP contribution is 2.17. The minimum atomic E-state index is -0.0562.